The number of aliphatic hydroxyl groups excluding tert-OH is 2. The van der Waals surface area contributed by atoms with E-state index < -0.39 is 91.5 Å². The van der Waals surface area contributed by atoms with Crippen LogP contribution in [-0.2, 0) is 55.8 Å². The van der Waals surface area contributed by atoms with Crippen LogP contribution in [0.2, 0.25) is 0 Å². The van der Waals surface area contributed by atoms with E-state index in [0.717, 1.165) is 173 Å². The third-order valence-corrected chi connectivity index (χ3v) is 20.8. The molecule has 16 nitrogen and oxygen atoms in total. The van der Waals surface area contributed by atoms with Crippen LogP contribution in [0.3, 0.4) is 0 Å². The number of aliphatic hydroxyl groups is 2. The highest BCUT2D eigenvalue weighted by Gasteiger charge is 2.29. The number of unbranched alkanes of at least 4 members (excludes halogenated alkanes) is 34. The molecule has 0 aromatic heterocycles. The molecule has 0 spiro atoms. The summed E-state index contributed by atoms with van der Waals surface area (Å²) in [5, 5.41) is 20.7. The van der Waals surface area contributed by atoms with Crippen LogP contribution in [0.4, 0.5) is 0 Å². The highest BCUT2D eigenvalue weighted by atomic mass is 31.2. The first kappa shape index (κ1) is 110. The van der Waals surface area contributed by atoms with Gasteiger partial charge in [-0.3, -0.25) is 32.5 Å². The second-order valence-electron chi connectivity index (χ2n) is 30.0. The van der Waals surface area contributed by atoms with E-state index in [1.54, 1.807) is 0 Å². The zero-order valence-electron chi connectivity index (χ0n) is 72.4. The van der Waals surface area contributed by atoms with Crippen molar-refractivity contribution in [1.29, 1.82) is 0 Å². The van der Waals surface area contributed by atoms with Gasteiger partial charge in [0, 0.05) is 19.3 Å². The zero-order valence-corrected chi connectivity index (χ0v) is 74.2. The standard InChI is InChI=1S/C97H164O16P2/c1-4-7-10-13-16-19-22-25-28-31-34-37-39-41-43-44-45-46-48-50-51-54-56-59-62-65-68-71-74-77-80-83-95(100)107-86-92(98)87-109-114(103,104)110-88-93(99)89-111-115(105,106)112-91-94(113-97(102)85-82-79-76-73-70-67-64-61-58-53-36-33-30-27-24-21-18-15-12-9-6-3)90-108-96(101)84-81-78-75-72-69-66-63-60-57-55-52-49-47-42-40-38-35-32-29-26-23-20-17-14-11-8-5-2/h7,10,16-21,25-30,34-38,41-43,45-47,53,61,64,92-94,98-99H,4-6,8-9,11-15,22-24,31-33,39-40,44,48-52,54-60,62-63,65-91H2,1-3H3,(H,103,104)(H,105,106)/b10-7-,19-16-,20-17-,21-18-,28-25-,29-26-,30-27-,37-34-,38-35-,43-41-,46-45-,47-42-,53-36-,64-61-. The van der Waals surface area contributed by atoms with Crippen molar-refractivity contribution in [2.75, 3.05) is 39.6 Å². The lowest BCUT2D eigenvalue weighted by Gasteiger charge is -2.21. The molecule has 0 fully saturated rings. The SMILES string of the molecule is CC/C=C\C/C=C\C/C=C\C/C=C\C/C=C\C/C=C\CCCCCCCCCCCCCCC(=O)OCC(O)COP(=O)(O)OCC(O)COP(=O)(O)OCC(COC(=O)CCCCCCCCCCCCC/C=C\C/C=C\C/C=C\C/C=C\CCCCC)OC(=O)CCCCCCC/C=C\C/C=C\C/C=C\C/C=C\CCCCC. The largest absolute Gasteiger partial charge is 0.472 e. The average Bonchev–Trinajstić information content (AvgIpc) is 0.902. The third-order valence-electron chi connectivity index (χ3n) is 18.9. The van der Waals surface area contributed by atoms with Crippen LogP contribution in [0.15, 0.2) is 170 Å². The topological polar surface area (TPSA) is 231 Å². The Morgan fingerprint density at radius 1 is 0.252 bits per heavy atom. The second-order valence-corrected chi connectivity index (χ2v) is 32.9. The Hall–Kier alpha value is -5.09. The first-order valence-corrected chi connectivity index (χ1v) is 48.4. The van der Waals surface area contributed by atoms with Gasteiger partial charge in [0.1, 0.15) is 25.4 Å². The van der Waals surface area contributed by atoms with Gasteiger partial charge in [-0.1, -0.05) is 358 Å². The quantitative estimate of drug-likeness (QED) is 0.0146. The molecule has 0 bridgehead atoms. The maximum Gasteiger partial charge on any atom is 0.472 e. The van der Waals surface area contributed by atoms with E-state index in [-0.39, 0.29) is 19.3 Å². The Kier molecular flexibility index (Phi) is 84.3. The second kappa shape index (κ2) is 88.2. The number of ether oxygens (including phenoxy) is 3. The van der Waals surface area contributed by atoms with Crippen LogP contribution in [-0.4, -0.2) is 95.9 Å². The number of carbonyl (C=O) groups is 3. The normalized spacial score (nSPS) is 14.6. The molecule has 0 heterocycles. The van der Waals surface area contributed by atoms with Crippen molar-refractivity contribution >= 4 is 33.6 Å². The van der Waals surface area contributed by atoms with E-state index in [1.807, 2.05) is 0 Å². The number of hydrogen-bond acceptors (Lipinski definition) is 14. The van der Waals surface area contributed by atoms with Crippen molar-refractivity contribution in [2.45, 2.75) is 386 Å². The molecular weight excluding hydrogens is 1480 g/mol. The van der Waals surface area contributed by atoms with Crippen molar-refractivity contribution in [3.63, 3.8) is 0 Å². The Bertz CT molecular complexity index is 2770. The van der Waals surface area contributed by atoms with Gasteiger partial charge in [-0.05, 0) is 161 Å². The number of esters is 3. The van der Waals surface area contributed by atoms with Crippen molar-refractivity contribution in [3.8, 4) is 0 Å². The van der Waals surface area contributed by atoms with Gasteiger partial charge in [-0.15, -0.1) is 0 Å². The van der Waals surface area contributed by atoms with Gasteiger partial charge >= 0.3 is 33.6 Å². The molecule has 18 heteroatoms. The first-order chi connectivity index (χ1) is 56.2. The summed E-state index contributed by atoms with van der Waals surface area (Å²) in [5.74, 6) is -1.60. The highest BCUT2D eigenvalue weighted by Crippen LogP contribution is 2.45. The number of rotatable bonds is 85. The maximum atomic E-state index is 13.1. The minimum Gasteiger partial charge on any atom is -0.463 e. The van der Waals surface area contributed by atoms with Gasteiger partial charge in [0.2, 0.25) is 0 Å². The maximum absolute atomic E-state index is 13.1. The Labute approximate surface area is 701 Å². The smallest absolute Gasteiger partial charge is 0.463 e. The molecule has 5 unspecified atom stereocenters. The molecular formula is C97H164O16P2. The van der Waals surface area contributed by atoms with Crippen molar-refractivity contribution in [3.05, 3.63) is 170 Å². The molecule has 115 heavy (non-hydrogen) atoms. The van der Waals surface area contributed by atoms with E-state index >= 15 is 0 Å². The number of phosphoric ester groups is 2. The molecule has 0 aliphatic carbocycles. The van der Waals surface area contributed by atoms with Crippen molar-refractivity contribution in [2.24, 2.45) is 0 Å². The van der Waals surface area contributed by atoms with Gasteiger partial charge in [0.15, 0.2) is 6.10 Å². The minimum absolute atomic E-state index is 0.0789. The van der Waals surface area contributed by atoms with Crippen LogP contribution in [0.1, 0.15) is 367 Å². The molecule has 5 atom stereocenters. The Balaban J connectivity index is 4.62. The van der Waals surface area contributed by atoms with Gasteiger partial charge in [-0.2, -0.15) is 0 Å². The molecule has 0 aliphatic heterocycles. The summed E-state index contributed by atoms with van der Waals surface area (Å²) >= 11 is 0. The molecule has 0 aromatic rings. The van der Waals surface area contributed by atoms with Gasteiger partial charge < -0.3 is 34.2 Å². The Morgan fingerprint density at radius 2 is 0.461 bits per heavy atom. The molecule has 658 valence electrons. The molecule has 0 amide bonds. The number of carbonyl (C=O) groups excluding carboxylic acids is 3. The Morgan fingerprint density at radius 3 is 0.730 bits per heavy atom. The predicted octanol–water partition coefficient (Wildman–Crippen LogP) is 27.9. The minimum atomic E-state index is -4.95. The number of allylic oxidation sites excluding steroid dienone is 28. The van der Waals surface area contributed by atoms with E-state index in [2.05, 4.69) is 191 Å². The summed E-state index contributed by atoms with van der Waals surface area (Å²) in [6.45, 7) is 2.52. The van der Waals surface area contributed by atoms with Gasteiger partial charge in [0.25, 0.3) is 0 Å². The van der Waals surface area contributed by atoms with E-state index in [1.165, 1.54) is 135 Å². The number of hydrogen-bond donors (Lipinski definition) is 4. The third kappa shape index (κ3) is 89.5. The average molecular weight is 1650 g/mol. The lowest BCUT2D eigenvalue weighted by Crippen LogP contribution is -2.30. The fraction of sp³-hybridized carbons (Fsp3) is 0.680. The van der Waals surface area contributed by atoms with E-state index in [0.29, 0.717) is 19.3 Å². The fourth-order valence-electron chi connectivity index (χ4n) is 12.0. The van der Waals surface area contributed by atoms with E-state index in [4.69, 9.17) is 32.3 Å². The first-order valence-electron chi connectivity index (χ1n) is 45.4. The summed E-state index contributed by atoms with van der Waals surface area (Å²) in [6.07, 6.45) is 114. The highest BCUT2D eigenvalue weighted by molar-refractivity contribution is 7.47. The summed E-state index contributed by atoms with van der Waals surface area (Å²) in [4.78, 5) is 59.0. The lowest BCUT2D eigenvalue weighted by molar-refractivity contribution is -0.161. The van der Waals surface area contributed by atoms with E-state index in [9.17, 15) is 43.5 Å². The summed E-state index contributed by atoms with van der Waals surface area (Å²) in [5.41, 5.74) is 0. The molecule has 4 N–H and O–H groups in total. The zero-order chi connectivity index (χ0) is 83.6. The summed E-state index contributed by atoms with van der Waals surface area (Å²) in [6, 6.07) is 0. The monoisotopic (exact) mass is 1650 g/mol. The predicted molar refractivity (Wildman–Crippen MR) is 482 cm³/mol. The van der Waals surface area contributed by atoms with Crippen LogP contribution in [0.5, 0.6) is 0 Å². The van der Waals surface area contributed by atoms with Crippen LogP contribution >= 0.6 is 15.6 Å². The molecule has 0 saturated carbocycles. The van der Waals surface area contributed by atoms with Crippen molar-refractivity contribution < 1.29 is 75.8 Å². The van der Waals surface area contributed by atoms with Crippen LogP contribution in [0, 0.1) is 0 Å². The molecule has 0 rings (SSSR count). The van der Waals surface area contributed by atoms with Gasteiger partial charge in [0.05, 0.1) is 26.4 Å². The van der Waals surface area contributed by atoms with Crippen LogP contribution < -0.4 is 0 Å². The van der Waals surface area contributed by atoms with Crippen LogP contribution in [0.25, 0.3) is 0 Å². The number of phosphoric acid groups is 2. The summed E-state index contributed by atoms with van der Waals surface area (Å²) < 4.78 is 61.4. The van der Waals surface area contributed by atoms with Gasteiger partial charge in [-0.25, -0.2) is 9.13 Å². The molecule has 0 aliphatic rings. The lowest BCUT2D eigenvalue weighted by atomic mass is 10.0. The molecule has 0 saturated heterocycles. The molecule has 0 aromatic carbocycles. The summed E-state index contributed by atoms with van der Waals surface area (Å²) in [7, 11) is -9.82. The molecule has 0 radical (unpaired) electrons. The fourth-order valence-corrected chi connectivity index (χ4v) is 13.6. The van der Waals surface area contributed by atoms with Crippen molar-refractivity contribution in [1.82, 2.24) is 0 Å².